The Bertz CT molecular complexity index is 597. The molecule has 2 aromatic rings. The Hall–Kier alpha value is -2.00. The molecule has 110 valence electrons. The van der Waals surface area contributed by atoms with E-state index in [1.165, 1.54) is 11.1 Å². The molecule has 1 unspecified atom stereocenters. The van der Waals surface area contributed by atoms with Crippen molar-refractivity contribution < 1.29 is 9.47 Å². The average Bonchev–Trinajstić information content (AvgIpc) is 2.74. The minimum atomic E-state index is 0.0312. The standard InChI is InChI=1S/C18H21NO2/c1-3-19-12-15-10-7-11-16(20-2)18(15)21-17(13-19)14-8-5-4-6-9-14/h4-11,17H,3,12-13H2,1-2H3. The van der Waals surface area contributed by atoms with Crippen molar-refractivity contribution in [3.05, 3.63) is 59.7 Å². The second-order valence-corrected chi connectivity index (χ2v) is 5.29. The highest BCUT2D eigenvalue weighted by atomic mass is 16.5. The summed E-state index contributed by atoms with van der Waals surface area (Å²) in [6.07, 6.45) is 0.0312. The summed E-state index contributed by atoms with van der Waals surface area (Å²) in [4.78, 5) is 2.41. The molecule has 0 radical (unpaired) electrons. The van der Waals surface area contributed by atoms with Crippen LogP contribution in [0.25, 0.3) is 0 Å². The highest BCUT2D eigenvalue weighted by Crippen LogP contribution is 2.38. The number of hydrogen-bond donors (Lipinski definition) is 0. The monoisotopic (exact) mass is 283 g/mol. The van der Waals surface area contributed by atoms with E-state index in [1.807, 2.05) is 18.2 Å². The first kappa shape index (κ1) is 14.0. The molecule has 0 fully saturated rings. The van der Waals surface area contributed by atoms with Gasteiger partial charge in [0.1, 0.15) is 6.10 Å². The van der Waals surface area contributed by atoms with Crippen LogP contribution in [0.3, 0.4) is 0 Å². The van der Waals surface area contributed by atoms with E-state index in [1.54, 1.807) is 7.11 Å². The van der Waals surface area contributed by atoms with Gasteiger partial charge in [0.15, 0.2) is 11.5 Å². The Balaban J connectivity index is 2.01. The van der Waals surface area contributed by atoms with Crippen molar-refractivity contribution in [1.29, 1.82) is 0 Å². The van der Waals surface area contributed by atoms with Crippen LogP contribution in [0.15, 0.2) is 48.5 Å². The zero-order chi connectivity index (χ0) is 14.7. The fourth-order valence-electron chi connectivity index (χ4n) is 2.78. The van der Waals surface area contributed by atoms with Crippen LogP contribution >= 0.6 is 0 Å². The summed E-state index contributed by atoms with van der Waals surface area (Å²) in [6, 6.07) is 16.5. The third-order valence-corrected chi connectivity index (χ3v) is 3.98. The number of nitrogens with zero attached hydrogens (tertiary/aromatic N) is 1. The summed E-state index contributed by atoms with van der Waals surface area (Å²) in [5.74, 6) is 1.69. The Labute approximate surface area is 126 Å². The molecule has 0 amide bonds. The molecule has 0 saturated carbocycles. The molecular formula is C18H21NO2. The predicted molar refractivity (Wildman–Crippen MR) is 83.8 cm³/mol. The van der Waals surface area contributed by atoms with Crippen molar-refractivity contribution >= 4 is 0 Å². The van der Waals surface area contributed by atoms with E-state index >= 15 is 0 Å². The van der Waals surface area contributed by atoms with Gasteiger partial charge in [0.25, 0.3) is 0 Å². The minimum absolute atomic E-state index is 0.0312. The lowest BCUT2D eigenvalue weighted by molar-refractivity contribution is 0.148. The van der Waals surface area contributed by atoms with E-state index in [9.17, 15) is 0 Å². The second kappa shape index (κ2) is 6.19. The fraction of sp³-hybridized carbons (Fsp3) is 0.333. The number of methoxy groups -OCH3 is 1. The Morgan fingerprint density at radius 1 is 1.14 bits per heavy atom. The highest BCUT2D eigenvalue weighted by Gasteiger charge is 2.25. The molecule has 3 rings (SSSR count). The van der Waals surface area contributed by atoms with E-state index < -0.39 is 0 Å². The van der Waals surface area contributed by atoms with Crippen molar-refractivity contribution in [2.75, 3.05) is 20.2 Å². The van der Waals surface area contributed by atoms with Crippen LogP contribution in [0, 0.1) is 0 Å². The van der Waals surface area contributed by atoms with Gasteiger partial charge in [0.2, 0.25) is 0 Å². The molecule has 0 aliphatic carbocycles. The van der Waals surface area contributed by atoms with Gasteiger partial charge in [-0.2, -0.15) is 0 Å². The Morgan fingerprint density at radius 3 is 2.67 bits per heavy atom. The van der Waals surface area contributed by atoms with Crippen LogP contribution in [0.5, 0.6) is 11.5 Å². The number of ether oxygens (including phenoxy) is 2. The van der Waals surface area contributed by atoms with Crippen LogP contribution in [0.2, 0.25) is 0 Å². The van der Waals surface area contributed by atoms with E-state index in [0.717, 1.165) is 31.1 Å². The maximum atomic E-state index is 6.33. The molecular weight excluding hydrogens is 262 g/mol. The first-order chi connectivity index (χ1) is 10.3. The summed E-state index contributed by atoms with van der Waals surface area (Å²) in [5.41, 5.74) is 2.39. The second-order valence-electron chi connectivity index (χ2n) is 5.29. The SMILES string of the molecule is CCN1Cc2cccc(OC)c2OC(c2ccccc2)C1. The molecule has 3 heteroatoms. The molecule has 1 heterocycles. The van der Waals surface area contributed by atoms with Gasteiger partial charge in [0.05, 0.1) is 7.11 Å². The maximum Gasteiger partial charge on any atom is 0.166 e. The highest BCUT2D eigenvalue weighted by molar-refractivity contribution is 5.47. The lowest BCUT2D eigenvalue weighted by Gasteiger charge is -2.23. The summed E-state index contributed by atoms with van der Waals surface area (Å²) in [7, 11) is 1.69. The number of likely N-dealkylation sites (N-methyl/N-ethyl adjacent to an activating group) is 1. The van der Waals surface area contributed by atoms with Gasteiger partial charge in [-0.15, -0.1) is 0 Å². The normalized spacial score (nSPS) is 18.5. The predicted octanol–water partition coefficient (Wildman–Crippen LogP) is 3.65. The van der Waals surface area contributed by atoms with Gasteiger partial charge >= 0.3 is 0 Å². The van der Waals surface area contributed by atoms with E-state index in [-0.39, 0.29) is 6.10 Å². The zero-order valence-corrected chi connectivity index (χ0v) is 12.6. The quantitative estimate of drug-likeness (QED) is 0.858. The van der Waals surface area contributed by atoms with Crippen LogP contribution in [0.1, 0.15) is 24.2 Å². The third kappa shape index (κ3) is 2.88. The largest absolute Gasteiger partial charge is 0.493 e. The molecule has 0 aromatic heterocycles. The Morgan fingerprint density at radius 2 is 1.95 bits per heavy atom. The van der Waals surface area contributed by atoms with Gasteiger partial charge in [-0.1, -0.05) is 49.4 Å². The maximum absolute atomic E-state index is 6.33. The summed E-state index contributed by atoms with van der Waals surface area (Å²) < 4.78 is 11.8. The van der Waals surface area contributed by atoms with Crippen molar-refractivity contribution in [2.45, 2.75) is 19.6 Å². The van der Waals surface area contributed by atoms with Gasteiger partial charge in [-0.25, -0.2) is 0 Å². The van der Waals surface area contributed by atoms with Crippen LogP contribution in [-0.4, -0.2) is 25.1 Å². The number of benzene rings is 2. The molecule has 1 aliphatic rings. The van der Waals surface area contributed by atoms with E-state index in [0.29, 0.717) is 0 Å². The van der Waals surface area contributed by atoms with Crippen molar-refractivity contribution in [3.63, 3.8) is 0 Å². The van der Waals surface area contributed by atoms with Gasteiger partial charge in [0, 0.05) is 18.7 Å². The summed E-state index contributed by atoms with van der Waals surface area (Å²) in [5, 5.41) is 0. The molecule has 2 aromatic carbocycles. The lowest BCUT2D eigenvalue weighted by Crippen LogP contribution is -2.27. The van der Waals surface area contributed by atoms with Crippen molar-refractivity contribution in [1.82, 2.24) is 4.90 Å². The molecule has 0 spiro atoms. The number of rotatable bonds is 3. The molecule has 0 N–H and O–H groups in total. The molecule has 1 atom stereocenters. The summed E-state index contributed by atoms with van der Waals surface area (Å²) >= 11 is 0. The number of para-hydroxylation sites is 1. The van der Waals surface area contributed by atoms with E-state index in [2.05, 4.69) is 42.2 Å². The van der Waals surface area contributed by atoms with Crippen LogP contribution in [0.4, 0.5) is 0 Å². The minimum Gasteiger partial charge on any atom is -0.493 e. The van der Waals surface area contributed by atoms with Crippen LogP contribution in [-0.2, 0) is 6.54 Å². The third-order valence-electron chi connectivity index (χ3n) is 3.98. The smallest absolute Gasteiger partial charge is 0.166 e. The first-order valence-electron chi connectivity index (χ1n) is 7.41. The Kier molecular flexibility index (Phi) is 4.11. The van der Waals surface area contributed by atoms with Gasteiger partial charge < -0.3 is 9.47 Å². The van der Waals surface area contributed by atoms with Crippen molar-refractivity contribution in [2.24, 2.45) is 0 Å². The summed E-state index contributed by atoms with van der Waals surface area (Å²) in [6.45, 7) is 4.97. The first-order valence-corrected chi connectivity index (χ1v) is 7.41. The molecule has 3 nitrogen and oxygen atoms in total. The number of fused-ring (bicyclic) bond motifs is 1. The molecule has 1 aliphatic heterocycles. The van der Waals surface area contributed by atoms with Crippen LogP contribution < -0.4 is 9.47 Å². The topological polar surface area (TPSA) is 21.7 Å². The average molecular weight is 283 g/mol. The molecule has 21 heavy (non-hydrogen) atoms. The number of hydrogen-bond acceptors (Lipinski definition) is 3. The fourth-order valence-corrected chi connectivity index (χ4v) is 2.78. The van der Waals surface area contributed by atoms with Gasteiger partial charge in [-0.05, 0) is 18.2 Å². The van der Waals surface area contributed by atoms with Gasteiger partial charge in [-0.3, -0.25) is 4.90 Å². The lowest BCUT2D eigenvalue weighted by atomic mass is 10.1. The molecule has 0 saturated heterocycles. The molecule has 0 bridgehead atoms. The van der Waals surface area contributed by atoms with E-state index in [4.69, 9.17) is 9.47 Å². The zero-order valence-electron chi connectivity index (χ0n) is 12.6. The van der Waals surface area contributed by atoms with Crippen molar-refractivity contribution in [3.8, 4) is 11.5 Å².